The van der Waals surface area contributed by atoms with Crippen molar-refractivity contribution in [3.8, 4) is 46.0 Å². The maximum atomic E-state index is 13.2. The molecule has 0 unspecified atom stereocenters. The van der Waals surface area contributed by atoms with Crippen LogP contribution in [0.4, 0.5) is 0 Å². The first-order valence-electron chi connectivity index (χ1n) is 16.6. The molecule has 1 fully saturated rings. The molecule has 1 aliphatic heterocycles. The molecule has 0 bridgehead atoms. The Bertz CT molecular complexity index is 1720. The Morgan fingerprint density at radius 1 is 0.490 bits per heavy atom. The normalized spacial score (nSPS) is 16.4. The fourth-order valence-corrected chi connectivity index (χ4v) is 6.20. The van der Waals surface area contributed by atoms with Crippen molar-refractivity contribution in [1.29, 1.82) is 0 Å². The molecule has 4 aromatic rings. The number of Topliss-reactive ketones (excluding diaryl/α,β-unsaturated/α-hetero) is 2. The van der Waals surface area contributed by atoms with Crippen LogP contribution in [0.15, 0.2) is 72.8 Å². The molecule has 4 aromatic carbocycles. The van der Waals surface area contributed by atoms with Crippen LogP contribution in [0.25, 0.3) is 0 Å². The SMILES string of the molecule is COc1ccc(C(=O)[C@@H](C)Oc2ccc([C@@H]3CC[C@@H](c4ccc(O[C@H](C)C(=O)c5ccc(OC)c(OC)c5)c(OC)c4)N3)cc2OC)cc1OC. The van der Waals surface area contributed by atoms with Gasteiger partial charge >= 0.3 is 0 Å². The number of carbonyl (C=O) groups excluding carboxylic acids is 2. The van der Waals surface area contributed by atoms with Crippen molar-refractivity contribution in [3.63, 3.8) is 0 Å². The lowest BCUT2D eigenvalue weighted by atomic mass is 10.0. The summed E-state index contributed by atoms with van der Waals surface area (Å²) in [7, 11) is 9.30. The first kappa shape index (κ1) is 36.9. The number of rotatable bonds is 16. The van der Waals surface area contributed by atoms with Crippen LogP contribution in [0.5, 0.6) is 46.0 Å². The summed E-state index contributed by atoms with van der Waals surface area (Å²) in [5.74, 6) is 3.62. The number of benzene rings is 4. The summed E-state index contributed by atoms with van der Waals surface area (Å²) < 4.78 is 44.8. The van der Waals surface area contributed by atoms with Crippen LogP contribution in [0.1, 0.15) is 70.6 Å². The van der Waals surface area contributed by atoms with Gasteiger partial charge in [0.05, 0.1) is 42.7 Å². The Labute approximate surface area is 298 Å². The molecule has 4 atom stereocenters. The first-order valence-corrected chi connectivity index (χ1v) is 16.6. The molecule has 0 radical (unpaired) electrons. The van der Waals surface area contributed by atoms with Crippen molar-refractivity contribution in [3.05, 3.63) is 95.1 Å². The predicted octanol–water partition coefficient (Wildman–Crippen LogP) is 7.20. The molecular weight excluding hydrogens is 654 g/mol. The molecule has 0 saturated carbocycles. The zero-order chi connectivity index (χ0) is 36.7. The van der Waals surface area contributed by atoms with Gasteiger partial charge in [-0.15, -0.1) is 0 Å². The van der Waals surface area contributed by atoms with Gasteiger partial charge in [0, 0.05) is 23.2 Å². The lowest BCUT2D eigenvalue weighted by Crippen LogP contribution is -2.24. The van der Waals surface area contributed by atoms with Crippen LogP contribution in [0.2, 0.25) is 0 Å². The molecule has 270 valence electrons. The minimum atomic E-state index is -0.772. The fourth-order valence-electron chi connectivity index (χ4n) is 6.20. The van der Waals surface area contributed by atoms with Gasteiger partial charge in [0.25, 0.3) is 0 Å². The molecular formula is C40H45NO10. The van der Waals surface area contributed by atoms with E-state index in [-0.39, 0.29) is 23.7 Å². The Kier molecular flexibility index (Phi) is 11.9. The summed E-state index contributed by atoms with van der Waals surface area (Å²) in [5, 5.41) is 3.72. The molecule has 1 aliphatic rings. The molecule has 0 aromatic heterocycles. The number of hydrogen-bond donors (Lipinski definition) is 1. The molecule has 5 rings (SSSR count). The summed E-state index contributed by atoms with van der Waals surface area (Å²) in [6, 6.07) is 21.7. The number of ketones is 2. The van der Waals surface area contributed by atoms with Crippen molar-refractivity contribution in [2.45, 2.75) is 51.0 Å². The monoisotopic (exact) mass is 699 g/mol. The van der Waals surface area contributed by atoms with E-state index in [1.54, 1.807) is 78.7 Å². The summed E-state index contributed by atoms with van der Waals surface area (Å²) in [5.41, 5.74) is 2.97. The van der Waals surface area contributed by atoms with Gasteiger partial charge in [-0.1, -0.05) is 12.1 Å². The predicted molar refractivity (Wildman–Crippen MR) is 192 cm³/mol. The number of hydrogen-bond acceptors (Lipinski definition) is 11. The third kappa shape index (κ3) is 8.15. The quantitative estimate of drug-likeness (QED) is 0.120. The fraction of sp³-hybridized carbons (Fsp3) is 0.350. The van der Waals surface area contributed by atoms with E-state index in [0.29, 0.717) is 57.1 Å². The third-order valence-electron chi connectivity index (χ3n) is 9.01. The average Bonchev–Trinajstić information content (AvgIpc) is 3.67. The topological polar surface area (TPSA) is 120 Å². The van der Waals surface area contributed by atoms with Gasteiger partial charge in [0.1, 0.15) is 0 Å². The van der Waals surface area contributed by atoms with Gasteiger partial charge in [0.15, 0.2) is 58.2 Å². The zero-order valence-electron chi connectivity index (χ0n) is 30.2. The highest BCUT2D eigenvalue weighted by Gasteiger charge is 2.29. The zero-order valence-corrected chi connectivity index (χ0v) is 30.2. The van der Waals surface area contributed by atoms with E-state index in [0.717, 1.165) is 24.0 Å². The molecule has 11 nitrogen and oxygen atoms in total. The van der Waals surface area contributed by atoms with E-state index >= 15 is 0 Å². The number of ether oxygens (including phenoxy) is 8. The number of nitrogens with one attached hydrogen (secondary N) is 1. The molecule has 0 spiro atoms. The van der Waals surface area contributed by atoms with Crippen molar-refractivity contribution in [2.24, 2.45) is 0 Å². The lowest BCUT2D eigenvalue weighted by molar-refractivity contribution is 0.0808. The third-order valence-corrected chi connectivity index (χ3v) is 9.01. The second kappa shape index (κ2) is 16.5. The summed E-state index contributed by atoms with van der Waals surface area (Å²) in [4.78, 5) is 26.4. The second-order valence-electron chi connectivity index (χ2n) is 12.1. The Hall–Kier alpha value is -5.42. The highest BCUT2D eigenvalue weighted by atomic mass is 16.5. The van der Waals surface area contributed by atoms with E-state index in [4.69, 9.17) is 37.9 Å². The van der Waals surface area contributed by atoms with Crippen molar-refractivity contribution in [1.82, 2.24) is 5.32 Å². The largest absolute Gasteiger partial charge is 0.493 e. The molecule has 1 N–H and O–H groups in total. The van der Waals surface area contributed by atoms with E-state index in [1.165, 1.54) is 14.2 Å². The highest BCUT2D eigenvalue weighted by Crippen LogP contribution is 2.41. The van der Waals surface area contributed by atoms with E-state index in [2.05, 4.69) is 5.32 Å². The van der Waals surface area contributed by atoms with Gasteiger partial charge in [-0.25, -0.2) is 0 Å². The smallest absolute Gasteiger partial charge is 0.203 e. The summed E-state index contributed by atoms with van der Waals surface area (Å²) >= 11 is 0. The average molecular weight is 700 g/mol. The summed E-state index contributed by atoms with van der Waals surface area (Å²) in [6.07, 6.45) is 0.232. The number of carbonyl (C=O) groups is 2. The van der Waals surface area contributed by atoms with Crippen LogP contribution >= 0.6 is 0 Å². The van der Waals surface area contributed by atoms with Crippen LogP contribution in [0.3, 0.4) is 0 Å². The number of methoxy groups -OCH3 is 6. The van der Waals surface area contributed by atoms with Crippen molar-refractivity contribution >= 4 is 11.6 Å². The van der Waals surface area contributed by atoms with Gasteiger partial charge < -0.3 is 43.2 Å². The summed E-state index contributed by atoms with van der Waals surface area (Å²) in [6.45, 7) is 3.41. The van der Waals surface area contributed by atoms with Gasteiger partial charge in [-0.2, -0.15) is 0 Å². The van der Waals surface area contributed by atoms with E-state index < -0.39 is 12.2 Å². The maximum Gasteiger partial charge on any atom is 0.203 e. The minimum absolute atomic E-state index is 0.0600. The molecule has 0 aliphatic carbocycles. The van der Waals surface area contributed by atoms with Crippen LogP contribution in [-0.4, -0.2) is 66.4 Å². The Morgan fingerprint density at radius 2 is 0.824 bits per heavy atom. The molecule has 0 amide bonds. The van der Waals surface area contributed by atoms with Gasteiger partial charge in [-0.05, 0) is 98.5 Å². The molecule has 1 saturated heterocycles. The molecule has 1 heterocycles. The maximum absolute atomic E-state index is 13.2. The van der Waals surface area contributed by atoms with Gasteiger partial charge in [-0.3, -0.25) is 9.59 Å². The van der Waals surface area contributed by atoms with E-state index in [1.807, 2.05) is 36.4 Å². The first-order chi connectivity index (χ1) is 24.6. The highest BCUT2D eigenvalue weighted by molar-refractivity contribution is 6.00. The van der Waals surface area contributed by atoms with Gasteiger partial charge in [0.2, 0.25) is 11.6 Å². The minimum Gasteiger partial charge on any atom is -0.493 e. The Balaban J connectivity index is 1.23. The van der Waals surface area contributed by atoms with Crippen LogP contribution < -0.4 is 43.2 Å². The lowest BCUT2D eigenvalue weighted by Gasteiger charge is -2.20. The standard InChI is InChI=1S/C40H45NO10/c1-23(39(42)27-11-15-31(44-3)35(21-27)46-5)50-33-17-9-25(19-37(33)48-7)29-13-14-30(41-29)26-10-18-34(38(20-26)49-8)51-24(2)40(43)28-12-16-32(45-4)36(22-28)47-6/h9-12,15-24,29-30,41H,13-14H2,1-8H3/t23-,24-,29+,30+/m1/s1. The molecule has 51 heavy (non-hydrogen) atoms. The van der Waals surface area contributed by atoms with Crippen molar-refractivity contribution in [2.75, 3.05) is 42.7 Å². The van der Waals surface area contributed by atoms with E-state index in [9.17, 15) is 9.59 Å². The second-order valence-corrected chi connectivity index (χ2v) is 12.1. The Morgan fingerprint density at radius 3 is 1.18 bits per heavy atom. The van der Waals surface area contributed by atoms with Crippen molar-refractivity contribution < 1.29 is 47.5 Å². The van der Waals surface area contributed by atoms with Crippen LogP contribution in [-0.2, 0) is 0 Å². The molecule has 11 heteroatoms. The van der Waals surface area contributed by atoms with Crippen LogP contribution in [0, 0.1) is 0 Å².